The van der Waals surface area contributed by atoms with E-state index in [-0.39, 0.29) is 0 Å². The Morgan fingerprint density at radius 2 is 1.81 bits per heavy atom. The van der Waals surface area contributed by atoms with E-state index >= 15 is 0 Å². The van der Waals surface area contributed by atoms with Crippen LogP contribution in [0.1, 0.15) is 37.7 Å². The lowest BCUT2D eigenvalue weighted by Crippen LogP contribution is -2.30. The van der Waals surface area contributed by atoms with Crippen LogP contribution in [0.5, 0.6) is 0 Å². The van der Waals surface area contributed by atoms with Gasteiger partial charge in [0.25, 0.3) is 0 Å². The zero-order valence-corrected chi connectivity index (χ0v) is 18.7. The van der Waals surface area contributed by atoms with E-state index in [0.717, 1.165) is 45.8 Å². The summed E-state index contributed by atoms with van der Waals surface area (Å²) in [6, 6.07) is 13.0. The van der Waals surface area contributed by atoms with Crippen molar-refractivity contribution in [3.8, 4) is 11.3 Å². The maximum Gasteiger partial charge on any atom is 0.178 e. The molecule has 4 nitrogen and oxygen atoms in total. The van der Waals surface area contributed by atoms with Crippen molar-refractivity contribution in [2.24, 2.45) is 0 Å². The molecular formula is C26H28N4S. The minimum Gasteiger partial charge on any atom is -0.303 e. The highest BCUT2D eigenvalue weighted by Gasteiger charge is 2.11. The molecule has 0 atom stereocenters. The zero-order chi connectivity index (χ0) is 21.0. The molecule has 5 rings (SSSR count). The van der Waals surface area contributed by atoms with Gasteiger partial charge in [0, 0.05) is 22.5 Å². The fourth-order valence-electron chi connectivity index (χ4n) is 4.51. The van der Waals surface area contributed by atoms with Crippen molar-refractivity contribution in [1.82, 2.24) is 19.4 Å². The highest BCUT2D eigenvalue weighted by molar-refractivity contribution is 7.80. The summed E-state index contributed by atoms with van der Waals surface area (Å²) in [6.45, 7) is 3.78. The standard InChI is InChI=1S/C26H28N4S/c31-23-8-4-7-22(18-23)30-19-27-26-25(30)14-13-24(28-26)21-11-9-20(10-12-21)6-5-17-29-15-2-1-3-16-29/h4,7,9-14,18-19H,1-3,5-6,8,15-17H2. The third-order valence-electron chi connectivity index (χ3n) is 6.24. The first-order valence-electron chi connectivity index (χ1n) is 11.3. The lowest BCUT2D eigenvalue weighted by Gasteiger charge is -2.26. The van der Waals surface area contributed by atoms with Gasteiger partial charge < -0.3 is 4.90 Å². The van der Waals surface area contributed by atoms with Crippen LogP contribution >= 0.6 is 12.2 Å². The molecule has 0 unspecified atom stereocenters. The van der Waals surface area contributed by atoms with Crippen LogP contribution in [0.3, 0.4) is 0 Å². The smallest absolute Gasteiger partial charge is 0.178 e. The highest BCUT2D eigenvalue weighted by atomic mass is 32.1. The molecule has 0 saturated carbocycles. The number of hydrogen-bond acceptors (Lipinski definition) is 4. The van der Waals surface area contributed by atoms with Gasteiger partial charge >= 0.3 is 0 Å². The Balaban J connectivity index is 1.27. The second-order valence-corrected chi connectivity index (χ2v) is 9.02. The zero-order valence-electron chi connectivity index (χ0n) is 17.8. The molecule has 0 N–H and O–H groups in total. The number of allylic oxidation sites excluding steroid dienone is 4. The Labute approximate surface area is 189 Å². The molecule has 5 heteroatoms. The summed E-state index contributed by atoms with van der Waals surface area (Å²) in [7, 11) is 0. The molecule has 3 heterocycles. The van der Waals surface area contributed by atoms with Crippen molar-refractivity contribution in [2.75, 3.05) is 19.6 Å². The van der Waals surface area contributed by atoms with E-state index in [4.69, 9.17) is 17.2 Å². The molecule has 0 amide bonds. The largest absolute Gasteiger partial charge is 0.303 e. The van der Waals surface area contributed by atoms with Crippen molar-refractivity contribution >= 4 is 33.9 Å². The van der Waals surface area contributed by atoms with Crippen molar-refractivity contribution in [3.05, 3.63) is 66.5 Å². The second-order valence-electron chi connectivity index (χ2n) is 8.50. The molecule has 0 radical (unpaired) electrons. The number of likely N-dealkylation sites (tertiary alicyclic amines) is 1. The van der Waals surface area contributed by atoms with E-state index in [0.29, 0.717) is 0 Å². The average Bonchev–Trinajstić information content (AvgIpc) is 3.24. The van der Waals surface area contributed by atoms with Crippen molar-refractivity contribution in [1.29, 1.82) is 0 Å². The number of piperidine rings is 1. The third kappa shape index (κ3) is 4.68. The number of hydrogen-bond donors (Lipinski definition) is 0. The summed E-state index contributed by atoms with van der Waals surface area (Å²) in [6.07, 6.45) is 15.4. The number of imidazole rings is 1. The average molecular weight is 429 g/mol. The van der Waals surface area contributed by atoms with Gasteiger partial charge in [0.2, 0.25) is 0 Å². The fraction of sp³-hybridized carbons (Fsp3) is 0.346. The van der Waals surface area contributed by atoms with E-state index < -0.39 is 0 Å². The molecule has 3 aromatic rings. The summed E-state index contributed by atoms with van der Waals surface area (Å²) in [4.78, 5) is 12.9. The molecule has 1 aliphatic carbocycles. The minimum absolute atomic E-state index is 0.758. The molecule has 1 fully saturated rings. The molecule has 31 heavy (non-hydrogen) atoms. The van der Waals surface area contributed by atoms with Gasteiger partial charge in [-0.15, -0.1) is 0 Å². The predicted molar refractivity (Wildman–Crippen MR) is 132 cm³/mol. The second kappa shape index (κ2) is 9.25. The molecule has 1 aliphatic heterocycles. The lowest BCUT2D eigenvalue weighted by molar-refractivity contribution is 0.226. The Morgan fingerprint density at radius 1 is 0.968 bits per heavy atom. The predicted octanol–water partition coefficient (Wildman–Crippen LogP) is 5.69. The van der Waals surface area contributed by atoms with Crippen LogP contribution in [0.2, 0.25) is 0 Å². The van der Waals surface area contributed by atoms with Crippen LogP contribution < -0.4 is 0 Å². The number of rotatable bonds is 6. The number of benzene rings is 1. The number of fused-ring (bicyclic) bond motifs is 1. The van der Waals surface area contributed by atoms with Crippen molar-refractivity contribution in [3.63, 3.8) is 0 Å². The van der Waals surface area contributed by atoms with Gasteiger partial charge in [0.05, 0.1) is 11.2 Å². The minimum atomic E-state index is 0.758. The Bertz CT molecular complexity index is 1130. The maximum atomic E-state index is 5.35. The fourth-order valence-corrected chi connectivity index (χ4v) is 4.73. The van der Waals surface area contributed by atoms with Crippen molar-refractivity contribution < 1.29 is 0 Å². The number of pyridine rings is 1. The van der Waals surface area contributed by atoms with E-state index in [2.05, 4.69) is 63.0 Å². The molecule has 158 valence electrons. The topological polar surface area (TPSA) is 34.0 Å². The summed E-state index contributed by atoms with van der Waals surface area (Å²) >= 11 is 5.35. The van der Waals surface area contributed by atoms with Gasteiger partial charge in [0.15, 0.2) is 5.65 Å². The molecule has 2 aliphatic rings. The normalized spacial score (nSPS) is 17.3. The number of aryl methyl sites for hydroxylation is 1. The van der Waals surface area contributed by atoms with Gasteiger partial charge in [-0.3, -0.25) is 4.57 Å². The summed E-state index contributed by atoms with van der Waals surface area (Å²) in [5, 5.41) is 0. The van der Waals surface area contributed by atoms with Crippen LogP contribution in [0.4, 0.5) is 0 Å². The van der Waals surface area contributed by atoms with E-state index in [1.54, 1.807) is 0 Å². The molecule has 1 saturated heterocycles. The van der Waals surface area contributed by atoms with Gasteiger partial charge in [-0.1, -0.05) is 49.0 Å². The van der Waals surface area contributed by atoms with Crippen LogP contribution in [0.15, 0.2) is 61.0 Å². The quantitative estimate of drug-likeness (QED) is 0.473. The Hall–Kier alpha value is -2.63. The molecule has 0 bridgehead atoms. The van der Waals surface area contributed by atoms with Crippen molar-refractivity contribution in [2.45, 2.75) is 38.5 Å². The summed E-state index contributed by atoms with van der Waals surface area (Å²) in [5.74, 6) is 0. The highest BCUT2D eigenvalue weighted by Crippen LogP contribution is 2.24. The Kier molecular flexibility index (Phi) is 6.05. The van der Waals surface area contributed by atoms with E-state index in [1.807, 2.05) is 12.4 Å². The monoisotopic (exact) mass is 428 g/mol. The first-order chi connectivity index (χ1) is 15.3. The summed E-state index contributed by atoms with van der Waals surface area (Å²) < 4.78 is 2.06. The van der Waals surface area contributed by atoms with Gasteiger partial charge in [-0.05, 0) is 75.2 Å². The first-order valence-corrected chi connectivity index (χ1v) is 11.7. The number of nitrogens with zero attached hydrogens (tertiary/aromatic N) is 4. The maximum absolute atomic E-state index is 5.35. The van der Waals surface area contributed by atoms with Gasteiger partial charge in [0.1, 0.15) is 6.33 Å². The van der Waals surface area contributed by atoms with Crippen LogP contribution in [-0.2, 0) is 6.42 Å². The third-order valence-corrected chi connectivity index (χ3v) is 6.53. The van der Waals surface area contributed by atoms with Crippen LogP contribution in [0, 0.1) is 0 Å². The first kappa shape index (κ1) is 20.3. The van der Waals surface area contributed by atoms with E-state index in [1.165, 1.54) is 50.9 Å². The molecule has 0 spiro atoms. The molecule has 1 aromatic carbocycles. The van der Waals surface area contributed by atoms with Gasteiger partial charge in [-0.25, -0.2) is 9.97 Å². The SMILES string of the molecule is S=C1C=C(n2cnc3nc(-c4ccc(CCCN5CCCCC5)cc4)ccc32)C=CC1. The van der Waals surface area contributed by atoms with Gasteiger partial charge in [-0.2, -0.15) is 0 Å². The lowest BCUT2D eigenvalue weighted by atomic mass is 10.0. The van der Waals surface area contributed by atoms with E-state index in [9.17, 15) is 0 Å². The van der Waals surface area contributed by atoms with Crippen LogP contribution in [0.25, 0.3) is 28.1 Å². The number of thiocarbonyl (C=S) groups is 1. The summed E-state index contributed by atoms with van der Waals surface area (Å²) in [5.41, 5.74) is 6.29. The Morgan fingerprint density at radius 3 is 2.61 bits per heavy atom. The molecular weight excluding hydrogens is 400 g/mol. The molecule has 2 aromatic heterocycles. The van der Waals surface area contributed by atoms with Crippen LogP contribution in [-0.4, -0.2) is 43.9 Å². The number of aromatic nitrogens is 3.